The van der Waals surface area contributed by atoms with Crippen molar-refractivity contribution in [3.63, 3.8) is 0 Å². The third-order valence-electron chi connectivity index (χ3n) is 1.76. The molecule has 0 rings (SSSR count). The van der Waals surface area contributed by atoms with Gasteiger partial charge in [0.1, 0.15) is 11.2 Å². The van der Waals surface area contributed by atoms with Gasteiger partial charge in [0.2, 0.25) is 0 Å². The molecule has 19 heavy (non-hydrogen) atoms. The Kier molecular flexibility index (Phi) is 5.53. The summed E-state index contributed by atoms with van der Waals surface area (Å²) in [5.74, 6) is -1.69. The second-order valence-corrected chi connectivity index (χ2v) is 6.76. The highest BCUT2D eigenvalue weighted by Crippen LogP contribution is 2.22. The molecule has 0 unspecified atom stereocenters. The molecule has 0 aliphatic heterocycles. The molecule has 0 fully saturated rings. The largest absolute Gasteiger partial charge is 0.359 e. The van der Waals surface area contributed by atoms with Crippen LogP contribution in [-0.4, -0.2) is 23.1 Å². The molecule has 0 heterocycles. The van der Waals surface area contributed by atoms with Crippen molar-refractivity contribution >= 4 is 11.9 Å². The number of rotatable bonds is 4. The molecule has 0 amide bonds. The molecule has 0 saturated heterocycles. The molecule has 6 heteroatoms. The Hall–Kier alpha value is -1.14. The second kappa shape index (κ2) is 5.88. The molecule has 0 N–H and O–H groups in total. The number of carbonyl (C=O) groups excluding carboxylic acids is 2. The van der Waals surface area contributed by atoms with Crippen LogP contribution in [0.15, 0.2) is 0 Å². The zero-order valence-electron chi connectivity index (χ0n) is 12.9. The van der Waals surface area contributed by atoms with Crippen LogP contribution in [0.25, 0.3) is 0 Å². The fourth-order valence-corrected chi connectivity index (χ4v) is 0.617. The summed E-state index contributed by atoms with van der Waals surface area (Å²) in [6.07, 6.45) is 0. The van der Waals surface area contributed by atoms with Gasteiger partial charge < -0.3 is 0 Å². The minimum absolute atomic E-state index is 0.655. The monoisotopic (exact) mass is 276 g/mol. The fraction of sp³-hybridized carbons (Fsp3) is 0.846. The Labute approximate surface area is 114 Å². The van der Waals surface area contributed by atoms with Gasteiger partial charge in [-0.05, 0) is 55.4 Å². The Balaban J connectivity index is 4.51. The van der Waals surface area contributed by atoms with Gasteiger partial charge in [-0.2, -0.15) is 9.78 Å². The van der Waals surface area contributed by atoms with Gasteiger partial charge in [0.05, 0.1) is 0 Å². The lowest BCUT2D eigenvalue weighted by molar-refractivity contribution is -0.338. The smallest absolute Gasteiger partial charge is 0.297 e. The molecule has 0 aliphatic rings. The molecular weight excluding hydrogens is 252 g/mol. The van der Waals surface area contributed by atoms with Crippen molar-refractivity contribution in [3.8, 4) is 0 Å². The predicted octanol–water partition coefficient (Wildman–Crippen LogP) is 2.56. The molecule has 0 aromatic heterocycles. The van der Waals surface area contributed by atoms with Crippen molar-refractivity contribution < 1.29 is 29.1 Å². The topological polar surface area (TPSA) is 71.1 Å². The Morgan fingerprint density at radius 1 is 0.632 bits per heavy atom. The predicted molar refractivity (Wildman–Crippen MR) is 67.6 cm³/mol. The summed E-state index contributed by atoms with van der Waals surface area (Å²) in [4.78, 5) is 42.6. The standard InChI is InChI=1S/C13H24O6/c1-11(2,3)18-16-9(14)13(7,8)10(15)17-19-12(4,5)6/h1-8H3. The molecule has 0 bridgehead atoms. The molecule has 112 valence electrons. The molecular formula is C13H24O6. The molecule has 0 atom stereocenters. The minimum Gasteiger partial charge on any atom is -0.297 e. The molecule has 0 aliphatic carbocycles. The summed E-state index contributed by atoms with van der Waals surface area (Å²) >= 11 is 0. The minimum atomic E-state index is -1.52. The van der Waals surface area contributed by atoms with Gasteiger partial charge in [0.15, 0.2) is 5.41 Å². The van der Waals surface area contributed by atoms with Gasteiger partial charge >= 0.3 is 11.9 Å². The van der Waals surface area contributed by atoms with Crippen LogP contribution < -0.4 is 0 Å². The van der Waals surface area contributed by atoms with Crippen LogP contribution in [-0.2, 0) is 29.1 Å². The van der Waals surface area contributed by atoms with E-state index in [1.807, 2.05) is 0 Å². The molecule has 6 nitrogen and oxygen atoms in total. The lowest BCUT2D eigenvalue weighted by Gasteiger charge is -2.24. The van der Waals surface area contributed by atoms with Gasteiger partial charge in [-0.3, -0.25) is 9.78 Å². The van der Waals surface area contributed by atoms with E-state index in [1.54, 1.807) is 41.5 Å². The SMILES string of the molecule is CC(C)(C)OOC(=O)C(C)(C)C(=O)OOC(C)(C)C. The maximum Gasteiger partial charge on any atom is 0.359 e. The van der Waals surface area contributed by atoms with E-state index in [0.717, 1.165) is 0 Å². The first-order valence-electron chi connectivity index (χ1n) is 6.06. The number of carbonyl (C=O) groups is 2. The van der Waals surface area contributed by atoms with Crippen LogP contribution >= 0.6 is 0 Å². The Bertz CT molecular complexity index is 300. The van der Waals surface area contributed by atoms with Gasteiger partial charge in [0, 0.05) is 0 Å². The highest BCUT2D eigenvalue weighted by atomic mass is 17.2. The summed E-state index contributed by atoms with van der Waals surface area (Å²) in [5, 5.41) is 0. The normalized spacial score (nSPS) is 13.1. The fourth-order valence-electron chi connectivity index (χ4n) is 0.617. The average Bonchev–Trinajstić information content (AvgIpc) is 2.20. The van der Waals surface area contributed by atoms with Gasteiger partial charge in [-0.1, -0.05) is 0 Å². The van der Waals surface area contributed by atoms with E-state index in [0.29, 0.717) is 0 Å². The van der Waals surface area contributed by atoms with Crippen molar-refractivity contribution in [1.82, 2.24) is 0 Å². The zero-order chi connectivity index (χ0) is 15.5. The quantitative estimate of drug-likeness (QED) is 0.446. The van der Waals surface area contributed by atoms with E-state index in [1.165, 1.54) is 13.8 Å². The Morgan fingerprint density at radius 3 is 1.11 bits per heavy atom. The number of hydrogen-bond donors (Lipinski definition) is 0. The highest BCUT2D eigenvalue weighted by molar-refractivity contribution is 5.98. The maximum absolute atomic E-state index is 11.8. The molecule has 0 aromatic rings. The molecule has 0 aromatic carbocycles. The number of hydrogen-bond acceptors (Lipinski definition) is 6. The van der Waals surface area contributed by atoms with Crippen LogP contribution in [0, 0.1) is 5.41 Å². The van der Waals surface area contributed by atoms with Crippen molar-refractivity contribution in [2.24, 2.45) is 5.41 Å². The summed E-state index contributed by atoms with van der Waals surface area (Å²) in [6.45, 7) is 13.0. The van der Waals surface area contributed by atoms with Crippen molar-refractivity contribution in [3.05, 3.63) is 0 Å². The van der Waals surface area contributed by atoms with Crippen LogP contribution in [0.5, 0.6) is 0 Å². The third-order valence-corrected chi connectivity index (χ3v) is 1.76. The summed E-state index contributed by atoms with van der Waals surface area (Å²) < 4.78 is 0. The van der Waals surface area contributed by atoms with E-state index in [2.05, 4.69) is 9.78 Å². The van der Waals surface area contributed by atoms with Crippen LogP contribution in [0.2, 0.25) is 0 Å². The van der Waals surface area contributed by atoms with E-state index >= 15 is 0 Å². The first-order chi connectivity index (χ1) is 8.26. The highest BCUT2D eigenvalue weighted by Gasteiger charge is 2.42. The third kappa shape index (κ3) is 7.12. The van der Waals surface area contributed by atoms with Gasteiger partial charge in [-0.25, -0.2) is 9.59 Å². The van der Waals surface area contributed by atoms with E-state index in [4.69, 9.17) is 9.78 Å². The van der Waals surface area contributed by atoms with Crippen molar-refractivity contribution in [2.45, 2.75) is 66.6 Å². The zero-order valence-corrected chi connectivity index (χ0v) is 12.9. The summed E-state index contributed by atoms with van der Waals surface area (Å²) in [6, 6.07) is 0. The lowest BCUT2D eigenvalue weighted by atomic mass is 9.94. The van der Waals surface area contributed by atoms with Crippen molar-refractivity contribution in [1.29, 1.82) is 0 Å². The first kappa shape index (κ1) is 17.9. The second-order valence-electron chi connectivity index (χ2n) is 6.76. The van der Waals surface area contributed by atoms with Crippen LogP contribution in [0.1, 0.15) is 55.4 Å². The van der Waals surface area contributed by atoms with E-state index < -0.39 is 28.6 Å². The molecule has 0 spiro atoms. The van der Waals surface area contributed by atoms with Crippen LogP contribution in [0.4, 0.5) is 0 Å². The maximum atomic E-state index is 11.8. The lowest BCUT2D eigenvalue weighted by Crippen LogP contribution is -2.39. The van der Waals surface area contributed by atoms with Crippen LogP contribution in [0.3, 0.4) is 0 Å². The first-order valence-corrected chi connectivity index (χ1v) is 6.06. The van der Waals surface area contributed by atoms with Crippen molar-refractivity contribution in [2.75, 3.05) is 0 Å². The van der Waals surface area contributed by atoms with E-state index in [-0.39, 0.29) is 0 Å². The van der Waals surface area contributed by atoms with Gasteiger partial charge in [-0.15, -0.1) is 0 Å². The Morgan fingerprint density at radius 2 is 0.895 bits per heavy atom. The molecule has 0 saturated carbocycles. The summed E-state index contributed by atoms with van der Waals surface area (Å²) in [5.41, 5.74) is -2.83. The van der Waals surface area contributed by atoms with Gasteiger partial charge in [0.25, 0.3) is 0 Å². The molecule has 0 radical (unpaired) electrons. The average molecular weight is 276 g/mol. The van der Waals surface area contributed by atoms with E-state index in [9.17, 15) is 9.59 Å². The summed E-state index contributed by atoms with van der Waals surface area (Å²) in [7, 11) is 0.